The molecular formula is C21H24F2N2O6S2. The summed E-state index contributed by atoms with van der Waals surface area (Å²) in [6.45, 7) is 2.97. The normalized spacial score (nSPS) is 16.0. The topological polar surface area (TPSA) is 101 Å². The second-order valence-corrected chi connectivity index (χ2v) is 12.1. The van der Waals surface area contributed by atoms with E-state index in [1.165, 1.54) is 41.3 Å². The molecule has 1 aliphatic rings. The van der Waals surface area contributed by atoms with Gasteiger partial charge < -0.3 is 9.64 Å². The Bertz CT molecular complexity index is 1270. The summed E-state index contributed by atoms with van der Waals surface area (Å²) < 4.78 is 83.2. The van der Waals surface area contributed by atoms with Crippen molar-refractivity contribution in [2.24, 2.45) is 0 Å². The first-order valence-electron chi connectivity index (χ1n) is 9.95. The summed E-state index contributed by atoms with van der Waals surface area (Å²) in [7, 11) is -7.55. The summed E-state index contributed by atoms with van der Waals surface area (Å²) in [4.78, 5) is 14.1. The van der Waals surface area contributed by atoms with E-state index in [4.69, 9.17) is 4.74 Å². The molecule has 0 N–H and O–H groups in total. The highest BCUT2D eigenvalue weighted by molar-refractivity contribution is 7.91. The number of ether oxygens (including phenoxy) is 1. The number of rotatable bonds is 6. The number of sulfonamides is 1. The number of benzene rings is 2. The third-order valence-corrected chi connectivity index (χ3v) is 8.18. The Morgan fingerprint density at radius 1 is 0.939 bits per heavy atom. The van der Waals surface area contributed by atoms with Gasteiger partial charge in [-0.05, 0) is 44.2 Å². The zero-order valence-electron chi connectivity index (χ0n) is 18.3. The number of hydrogen-bond acceptors (Lipinski definition) is 6. The van der Waals surface area contributed by atoms with Crippen LogP contribution in [0.25, 0.3) is 0 Å². The summed E-state index contributed by atoms with van der Waals surface area (Å²) in [5, 5.41) is 0. The fraction of sp³-hybridized carbons (Fsp3) is 0.381. The van der Waals surface area contributed by atoms with Crippen LogP contribution in [0.2, 0.25) is 0 Å². The molecular weight excluding hydrogens is 478 g/mol. The van der Waals surface area contributed by atoms with E-state index in [-0.39, 0.29) is 41.7 Å². The van der Waals surface area contributed by atoms with E-state index in [1.807, 2.05) is 0 Å². The van der Waals surface area contributed by atoms with E-state index in [9.17, 15) is 30.4 Å². The van der Waals surface area contributed by atoms with Gasteiger partial charge in [-0.25, -0.2) is 25.6 Å². The van der Waals surface area contributed by atoms with Gasteiger partial charge in [0.1, 0.15) is 5.82 Å². The van der Waals surface area contributed by atoms with Crippen molar-refractivity contribution < 1.29 is 35.1 Å². The number of carbonyl (C=O) groups is 1. The Balaban J connectivity index is 1.70. The maximum atomic E-state index is 13.9. The Labute approximate surface area is 191 Å². The fourth-order valence-corrected chi connectivity index (χ4v) is 5.61. The molecule has 1 aliphatic heterocycles. The van der Waals surface area contributed by atoms with Gasteiger partial charge in [0.25, 0.3) is 5.91 Å². The summed E-state index contributed by atoms with van der Waals surface area (Å²) in [5.74, 6) is -2.48. The van der Waals surface area contributed by atoms with Gasteiger partial charge in [0.05, 0.1) is 9.79 Å². The molecule has 2 aromatic carbocycles. The molecule has 1 saturated heterocycles. The van der Waals surface area contributed by atoms with Crippen LogP contribution in [0.5, 0.6) is 5.75 Å². The van der Waals surface area contributed by atoms with Gasteiger partial charge in [-0.2, -0.15) is 4.31 Å². The minimum absolute atomic E-state index is 0.0157. The molecule has 12 heteroatoms. The average molecular weight is 503 g/mol. The fourth-order valence-electron chi connectivity index (χ4n) is 3.40. The molecule has 1 amide bonds. The van der Waals surface area contributed by atoms with Crippen LogP contribution in [-0.4, -0.2) is 70.0 Å². The third-order valence-electron chi connectivity index (χ3n) is 5.17. The van der Waals surface area contributed by atoms with Crippen LogP contribution in [0.15, 0.2) is 52.3 Å². The lowest BCUT2D eigenvalue weighted by atomic mass is 10.1. The lowest BCUT2D eigenvalue weighted by Crippen LogP contribution is -2.56. The molecule has 33 heavy (non-hydrogen) atoms. The van der Waals surface area contributed by atoms with Crippen molar-refractivity contribution >= 4 is 25.8 Å². The molecule has 0 atom stereocenters. The van der Waals surface area contributed by atoms with Gasteiger partial charge in [-0.3, -0.25) is 4.79 Å². The second-order valence-electron chi connectivity index (χ2n) is 8.13. The number of amides is 1. The van der Waals surface area contributed by atoms with Crippen molar-refractivity contribution in [3.63, 3.8) is 0 Å². The Hall–Kier alpha value is -2.57. The number of sulfone groups is 1. The zero-order chi connectivity index (χ0) is 24.6. The van der Waals surface area contributed by atoms with Crippen molar-refractivity contribution in [1.82, 2.24) is 9.21 Å². The Morgan fingerprint density at radius 2 is 1.55 bits per heavy atom. The molecule has 0 aliphatic carbocycles. The number of nitrogens with zero attached hydrogens (tertiary/aromatic N) is 2. The monoisotopic (exact) mass is 502 g/mol. The summed E-state index contributed by atoms with van der Waals surface area (Å²) in [5.41, 5.74) is -1.48. The van der Waals surface area contributed by atoms with Crippen LogP contribution in [0.3, 0.4) is 0 Å². The maximum Gasteiger partial charge on any atom is 0.266 e. The van der Waals surface area contributed by atoms with Gasteiger partial charge in [0, 0.05) is 38.5 Å². The number of hydrogen-bond donors (Lipinski definition) is 0. The second kappa shape index (κ2) is 8.99. The minimum atomic E-state index is -3.97. The van der Waals surface area contributed by atoms with Crippen LogP contribution in [0.1, 0.15) is 13.8 Å². The van der Waals surface area contributed by atoms with Crippen molar-refractivity contribution in [3.05, 3.63) is 54.1 Å². The van der Waals surface area contributed by atoms with E-state index >= 15 is 0 Å². The van der Waals surface area contributed by atoms with Crippen molar-refractivity contribution in [2.75, 3.05) is 32.4 Å². The number of halogens is 2. The Morgan fingerprint density at radius 3 is 2.12 bits per heavy atom. The van der Waals surface area contributed by atoms with Crippen molar-refractivity contribution in [2.45, 2.75) is 29.2 Å². The molecule has 1 fully saturated rings. The van der Waals surface area contributed by atoms with Crippen LogP contribution in [0.4, 0.5) is 8.78 Å². The van der Waals surface area contributed by atoms with Gasteiger partial charge in [0.15, 0.2) is 27.0 Å². The number of piperazine rings is 1. The first kappa shape index (κ1) is 25.1. The first-order valence-corrected chi connectivity index (χ1v) is 13.3. The molecule has 2 aromatic rings. The quantitative estimate of drug-likeness (QED) is 0.600. The molecule has 0 aromatic heterocycles. The SMILES string of the molecule is CC(C)(Oc1ccc(F)cc1F)C(=O)N1CCN(S(=O)(=O)c2cccc(S(C)(=O)=O)c2)CC1. The van der Waals surface area contributed by atoms with E-state index in [0.717, 1.165) is 24.5 Å². The highest BCUT2D eigenvalue weighted by Crippen LogP contribution is 2.26. The zero-order valence-corrected chi connectivity index (χ0v) is 19.9. The molecule has 3 rings (SSSR count). The molecule has 180 valence electrons. The maximum absolute atomic E-state index is 13.9. The lowest BCUT2D eigenvalue weighted by molar-refractivity contribution is -0.146. The van der Waals surface area contributed by atoms with E-state index in [0.29, 0.717) is 6.07 Å². The summed E-state index contributed by atoms with van der Waals surface area (Å²) in [6.07, 6.45) is 0.991. The molecule has 0 spiro atoms. The van der Waals surface area contributed by atoms with Crippen LogP contribution >= 0.6 is 0 Å². The molecule has 0 bridgehead atoms. The van der Waals surface area contributed by atoms with Crippen LogP contribution in [-0.2, 0) is 24.7 Å². The van der Waals surface area contributed by atoms with Crippen molar-refractivity contribution in [3.8, 4) is 5.75 Å². The average Bonchev–Trinajstić information content (AvgIpc) is 2.75. The third kappa shape index (κ3) is 5.50. The highest BCUT2D eigenvalue weighted by atomic mass is 32.2. The van der Waals surface area contributed by atoms with Gasteiger partial charge >= 0.3 is 0 Å². The van der Waals surface area contributed by atoms with Crippen molar-refractivity contribution in [1.29, 1.82) is 0 Å². The molecule has 0 saturated carbocycles. The number of carbonyl (C=O) groups excluding carboxylic acids is 1. The predicted molar refractivity (Wildman–Crippen MR) is 116 cm³/mol. The first-order chi connectivity index (χ1) is 15.2. The van der Waals surface area contributed by atoms with Gasteiger partial charge in [-0.1, -0.05) is 6.07 Å². The molecule has 1 heterocycles. The molecule has 8 nitrogen and oxygen atoms in total. The van der Waals surface area contributed by atoms with E-state index in [2.05, 4.69) is 0 Å². The predicted octanol–water partition coefficient (Wildman–Crippen LogP) is 2.06. The molecule has 0 unspecified atom stereocenters. The highest BCUT2D eigenvalue weighted by Gasteiger charge is 2.38. The minimum Gasteiger partial charge on any atom is -0.475 e. The van der Waals surface area contributed by atoms with E-state index < -0.39 is 43.0 Å². The van der Waals surface area contributed by atoms with Gasteiger partial charge in [0.2, 0.25) is 10.0 Å². The largest absolute Gasteiger partial charge is 0.475 e. The smallest absolute Gasteiger partial charge is 0.266 e. The molecule has 0 radical (unpaired) electrons. The van der Waals surface area contributed by atoms with Crippen LogP contribution < -0.4 is 4.74 Å². The standard InChI is InChI=1S/C21H24F2N2O6S2/c1-21(2,31-19-8-7-15(22)13-18(19)23)20(26)24-9-11-25(12-10-24)33(29,30)17-6-4-5-16(14-17)32(3,27)28/h4-8,13-14H,9-12H2,1-3H3. The lowest BCUT2D eigenvalue weighted by Gasteiger charge is -2.38. The summed E-state index contributed by atoms with van der Waals surface area (Å²) in [6, 6.07) is 7.86. The summed E-state index contributed by atoms with van der Waals surface area (Å²) >= 11 is 0. The van der Waals surface area contributed by atoms with E-state index in [1.54, 1.807) is 0 Å². The Kier molecular flexibility index (Phi) is 6.83. The van der Waals surface area contributed by atoms with Crippen LogP contribution in [0, 0.1) is 11.6 Å². The van der Waals surface area contributed by atoms with Gasteiger partial charge in [-0.15, -0.1) is 0 Å².